The minimum Gasteiger partial charge on any atom is -0.359 e. The van der Waals surface area contributed by atoms with Crippen molar-refractivity contribution in [1.82, 2.24) is 4.98 Å². The molecule has 2 rings (SSSR count). The fraction of sp³-hybridized carbons (Fsp3) is 0. The first kappa shape index (κ1) is 9.09. The number of aromatic nitrogens is 1. The van der Waals surface area contributed by atoms with E-state index in [9.17, 15) is 4.79 Å². The molecule has 2 nitrogen and oxygen atoms in total. The van der Waals surface area contributed by atoms with Crippen LogP contribution in [0.25, 0.3) is 0 Å². The summed E-state index contributed by atoms with van der Waals surface area (Å²) in [6.07, 6.45) is 1.73. The molecule has 0 atom stereocenters. The van der Waals surface area contributed by atoms with Crippen LogP contribution in [0.1, 0.15) is 16.1 Å². The number of aromatic amines is 1. The quantitative estimate of drug-likeness (QED) is 0.570. The molecule has 0 unspecified atom stereocenters. The van der Waals surface area contributed by atoms with Gasteiger partial charge in [0.05, 0.1) is 5.69 Å². The first-order valence-electron chi connectivity index (χ1n) is 4.25. The normalized spacial score (nSPS) is 10.1. The highest BCUT2D eigenvalue weighted by Crippen LogP contribution is 2.16. The molecule has 1 aromatic carbocycles. The van der Waals surface area contributed by atoms with Crippen molar-refractivity contribution in [3.8, 4) is 0 Å². The number of hydrogen-bond donors (Lipinski definition) is 2. The summed E-state index contributed by atoms with van der Waals surface area (Å²) in [4.78, 5) is 15.4. The Hall–Kier alpha value is -1.48. The van der Waals surface area contributed by atoms with Crippen molar-refractivity contribution in [2.24, 2.45) is 0 Å². The van der Waals surface area contributed by atoms with Crippen molar-refractivity contribution in [1.29, 1.82) is 0 Å². The van der Waals surface area contributed by atoms with Gasteiger partial charge >= 0.3 is 0 Å². The van der Waals surface area contributed by atoms with Gasteiger partial charge in [0.1, 0.15) is 0 Å². The second-order valence-electron chi connectivity index (χ2n) is 2.93. The molecule has 1 heterocycles. The predicted molar refractivity (Wildman–Crippen MR) is 57.9 cm³/mol. The maximum Gasteiger partial charge on any atom is 0.210 e. The molecule has 0 saturated heterocycles. The minimum absolute atomic E-state index is 0.0272. The van der Waals surface area contributed by atoms with E-state index in [2.05, 4.69) is 17.6 Å². The highest BCUT2D eigenvalue weighted by molar-refractivity contribution is 7.80. The lowest BCUT2D eigenvalue weighted by atomic mass is 10.1. The lowest BCUT2D eigenvalue weighted by Gasteiger charge is -2.01. The van der Waals surface area contributed by atoms with Crippen LogP contribution in [0.3, 0.4) is 0 Å². The third-order valence-electron chi connectivity index (χ3n) is 1.99. The van der Waals surface area contributed by atoms with Crippen LogP contribution in [0.5, 0.6) is 0 Å². The molecule has 0 spiro atoms. The second-order valence-corrected chi connectivity index (χ2v) is 3.41. The number of H-pyrrole nitrogens is 1. The maximum atomic E-state index is 11.8. The standard InChI is InChI=1S/C11H9NOS/c13-11(9-5-3-7-12-9)8-4-1-2-6-10(8)14/h1-7,12,14H. The van der Waals surface area contributed by atoms with Gasteiger partial charge < -0.3 is 4.98 Å². The average Bonchev–Trinajstić information content (AvgIpc) is 2.70. The maximum absolute atomic E-state index is 11.8. The summed E-state index contributed by atoms with van der Waals surface area (Å²) in [5.41, 5.74) is 1.21. The molecular weight excluding hydrogens is 194 g/mol. The van der Waals surface area contributed by atoms with Crippen LogP contribution in [0.4, 0.5) is 0 Å². The molecule has 1 aromatic heterocycles. The Balaban J connectivity index is 2.42. The van der Waals surface area contributed by atoms with Gasteiger partial charge in [-0.2, -0.15) is 0 Å². The van der Waals surface area contributed by atoms with E-state index in [4.69, 9.17) is 0 Å². The number of carbonyl (C=O) groups is 1. The zero-order valence-corrected chi connectivity index (χ0v) is 8.29. The van der Waals surface area contributed by atoms with Crippen LogP contribution in [0.2, 0.25) is 0 Å². The van der Waals surface area contributed by atoms with Crippen LogP contribution in [-0.4, -0.2) is 10.8 Å². The van der Waals surface area contributed by atoms with Crippen LogP contribution >= 0.6 is 12.6 Å². The molecule has 0 aliphatic heterocycles. The number of hydrogen-bond acceptors (Lipinski definition) is 2. The Morgan fingerprint density at radius 1 is 1.14 bits per heavy atom. The summed E-state index contributed by atoms with van der Waals surface area (Å²) in [6.45, 7) is 0. The van der Waals surface area contributed by atoms with Gasteiger partial charge in [-0.1, -0.05) is 12.1 Å². The van der Waals surface area contributed by atoms with Gasteiger partial charge in [0, 0.05) is 16.7 Å². The molecule has 0 bridgehead atoms. The van der Waals surface area contributed by atoms with E-state index < -0.39 is 0 Å². The Kier molecular flexibility index (Phi) is 2.41. The number of benzene rings is 1. The first-order chi connectivity index (χ1) is 6.79. The Morgan fingerprint density at radius 3 is 2.57 bits per heavy atom. The van der Waals surface area contributed by atoms with E-state index in [1.165, 1.54) is 0 Å². The largest absolute Gasteiger partial charge is 0.359 e. The van der Waals surface area contributed by atoms with Crippen LogP contribution in [0, 0.1) is 0 Å². The monoisotopic (exact) mass is 203 g/mol. The summed E-state index contributed by atoms with van der Waals surface area (Å²) in [5.74, 6) is -0.0272. The number of rotatable bonds is 2. The molecule has 0 saturated carbocycles. The smallest absolute Gasteiger partial charge is 0.210 e. The molecule has 70 valence electrons. The summed E-state index contributed by atoms with van der Waals surface area (Å²) < 4.78 is 0. The van der Waals surface area contributed by atoms with Gasteiger partial charge in [-0.3, -0.25) is 4.79 Å². The van der Waals surface area contributed by atoms with E-state index in [0.29, 0.717) is 16.2 Å². The summed E-state index contributed by atoms with van der Waals surface area (Å²) in [7, 11) is 0. The zero-order valence-electron chi connectivity index (χ0n) is 7.40. The number of thiol groups is 1. The number of carbonyl (C=O) groups excluding carboxylic acids is 1. The van der Waals surface area contributed by atoms with Crippen molar-refractivity contribution in [3.63, 3.8) is 0 Å². The molecule has 14 heavy (non-hydrogen) atoms. The van der Waals surface area contributed by atoms with Crippen molar-refractivity contribution in [3.05, 3.63) is 53.9 Å². The molecular formula is C11H9NOS. The van der Waals surface area contributed by atoms with E-state index in [1.54, 1.807) is 30.5 Å². The number of ketones is 1. The fourth-order valence-electron chi connectivity index (χ4n) is 1.28. The van der Waals surface area contributed by atoms with Crippen molar-refractivity contribution < 1.29 is 4.79 Å². The Morgan fingerprint density at radius 2 is 1.93 bits per heavy atom. The van der Waals surface area contributed by atoms with E-state index >= 15 is 0 Å². The third-order valence-corrected chi connectivity index (χ3v) is 2.38. The Bertz CT molecular complexity index is 448. The lowest BCUT2D eigenvalue weighted by Crippen LogP contribution is -2.02. The Labute approximate surface area is 87.4 Å². The van der Waals surface area contributed by atoms with Gasteiger partial charge in [0.25, 0.3) is 0 Å². The van der Waals surface area contributed by atoms with Gasteiger partial charge in [0.2, 0.25) is 5.78 Å². The molecule has 0 radical (unpaired) electrons. The molecule has 0 aliphatic rings. The van der Waals surface area contributed by atoms with E-state index in [1.807, 2.05) is 12.1 Å². The van der Waals surface area contributed by atoms with Gasteiger partial charge in [-0.25, -0.2) is 0 Å². The van der Waals surface area contributed by atoms with Crippen LogP contribution in [0.15, 0.2) is 47.5 Å². The first-order valence-corrected chi connectivity index (χ1v) is 4.70. The highest BCUT2D eigenvalue weighted by atomic mass is 32.1. The second kappa shape index (κ2) is 3.72. The third kappa shape index (κ3) is 1.59. The molecule has 0 aliphatic carbocycles. The molecule has 0 fully saturated rings. The molecule has 3 heteroatoms. The minimum atomic E-state index is -0.0272. The van der Waals surface area contributed by atoms with Gasteiger partial charge in [-0.05, 0) is 24.3 Å². The topological polar surface area (TPSA) is 32.9 Å². The van der Waals surface area contributed by atoms with E-state index in [-0.39, 0.29) is 5.78 Å². The van der Waals surface area contributed by atoms with E-state index in [0.717, 1.165) is 0 Å². The molecule has 2 aromatic rings. The highest BCUT2D eigenvalue weighted by Gasteiger charge is 2.11. The van der Waals surface area contributed by atoms with Crippen molar-refractivity contribution in [2.45, 2.75) is 4.90 Å². The van der Waals surface area contributed by atoms with Crippen LogP contribution in [-0.2, 0) is 0 Å². The average molecular weight is 203 g/mol. The predicted octanol–water partition coefficient (Wildman–Crippen LogP) is 2.53. The fourth-order valence-corrected chi connectivity index (χ4v) is 1.54. The van der Waals surface area contributed by atoms with Crippen molar-refractivity contribution >= 4 is 18.4 Å². The summed E-state index contributed by atoms with van der Waals surface area (Å²) >= 11 is 4.23. The summed E-state index contributed by atoms with van der Waals surface area (Å²) in [6, 6.07) is 10.8. The zero-order chi connectivity index (χ0) is 9.97. The van der Waals surface area contributed by atoms with Crippen LogP contribution < -0.4 is 0 Å². The van der Waals surface area contributed by atoms with Gasteiger partial charge in [-0.15, -0.1) is 12.6 Å². The van der Waals surface area contributed by atoms with Gasteiger partial charge in [0.15, 0.2) is 0 Å². The SMILES string of the molecule is O=C(c1ccc[nH]1)c1ccccc1S. The lowest BCUT2D eigenvalue weighted by molar-refractivity contribution is 0.103. The number of nitrogens with one attached hydrogen (secondary N) is 1. The summed E-state index contributed by atoms with van der Waals surface area (Å²) in [5, 5.41) is 0. The van der Waals surface area contributed by atoms with Crippen molar-refractivity contribution in [2.75, 3.05) is 0 Å². The molecule has 1 N–H and O–H groups in total. The molecule has 0 amide bonds.